The quantitative estimate of drug-likeness (QED) is 0.787. The third-order valence-corrected chi connectivity index (χ3v) is 5.61. The molecule has 1 aromatic heterocycles. The van der Waals surface area contributed by atoms with Gasteiger partial charge in [-0.1, -0.05) is 42.6 Å². The van der Waals surface area contributed by atoms with Crippen molar-refractivity contribution >= 4 is 31.3 Å². The molecule has 1 aliphatic carbocycles. The van der Waals surface area contributed by atoms with Gasteiger partial charge in [-0.25, -0.2) is 13.1 Å². The summed E-state index contributed by atoms with van der Waals surface area (Å²) in [5.74, 6) is 0.107. The minimum atomic E-state index is -3.93. The van der Waals surface area contributed by atoms with Crippen molar-refractivity contribution in [3.8, 4) is 5.69 Å². The molecule has 112 valence electrons. The van der Waals surface area contributed by atoms with E-state index in [2.05, 4.69) is 5.10 Å². The van der Waals surface area contributed by atoms with E-state index in [4.69, 9.17) is 22.3 Å². The summed E-state index contributed by atoms with van der Waals surface area (Å²) in [6.07, 6.45) is 3.98. The predicted octanol–water partition coefficient (Wildman–Crippen LogP) is 4.11. The van der Waals surface area contributed by atoms with Crippen LogP contribution in [-0.4, -0.2) is 18.2 Å². The molecule has 4 nitrogen and oxygen atoms in total. The summed E-state index contributed by atoms with van der Waals surface area (Å²) in [6, 6.07) is 9.21. The molecule has 0 spiro atoms. The van der Waals surface area contributed by atoms with Crippen LogP contribution in [0.15, 0.2) is 35.2 Å². The second-order valence-electron chi connectivity index (χ2n) is 5.17. The van der Waals surface area contributed by atoms with Gasteiger partial charge in [-0.2, -0.15) is 5.10 Å². The van der Waals surface area contributed by atoms with Crippen molar-refractivity contribution in [2.45, 2.75) is 36.5 Å². The third-order valence-electron chi connectivity index (χ3n) is 3.80. The molecule has 21 heavy (non-hydrogen) atoms. The smallest absolute Gasteiger partial charge is 0.220 e. The Kier molecular flexibility index (Phi) is 3.99. The Morgan fingerprint density at radius 1 is 1.14 bits per heavy atom. The second kappa shape index (κ2) is 5.63. The van der Waals surface area contributed by atoms with Gasteiger partial charge in [0.05, 0.1) is 11.4 Å². The van der Waals surface area contributed by atoms with Crippen LogP contribution < -0.4 is 0 Å². The molecule has 1 aromatic carbocycles. The van der Waals surface area contributed by atoms with Crippen LogP contribution in [0.25, 0.3) is 5.69 Å². The number of benzene rings is 1. The van der Waals surface area contributed by atoms with Crippen LogP contribution in [0.5, 0.6) is 0 Å². The summed E-state index contributed by atoms with van der Waals surface area (Å²) >= 11 is 6.26. The number of hydrogen-bond donors (Lipinski definition) is 0. The normalized spacial score (nSPS) is 16.5. The maximum absolute atomic E-state index is 11.9. The van der Waals surface area contributed by atoms with Crippen LogP contribution in [0.2, 0.25) is 5.15 Å². The first-order valence-corrected chi connectivity index (χ1v) is 9.45. The number of rotatable bonds is 3. The highest BCUT2D eigenvalue weighted by Crippen LogP contribution is 2.40. The summed E-state index contributed by atoms with van der Waals surface area (Å²) in [5.41, 5.74) is 1.21. The van der Waals surface area contributed by atoms with E-state index in [1.807, 2.05) is 30.3 Å². The molecule has 0 atom stereocenters. The van der Waals surface area contributed by atoms with E-state index >= 15 is 0 Å². The summed E-state index contributed by atoms with van der Waals surface area (Å²) in [5, 5.41) is 4.50. The minimum Gasteiger partial charge on any atom is -0.220 e. The lowest BCUT2D eigenvalue weighted by Gasteiger charge is -2.06. The maximum atomic E-state index is 11.9. The summed E-state index contributed by atoms with van der Waals surface area (Å²) in [4.78, 5) is -0.0402. The van der Waals surface area contributed by atoms with E-state index in [0.29, 0.717) is 11.4 Å². The fourth-order valence-electron chi connectivity index (χ4n) is 2.83. The molecule has 0 amide bonds. The lowest BCUT2D eigenvalue weighted by atomic mass is 10.1. The lowest BCUT2D eigenvalue weighted by Crippen LogP contribution is -2.01. The van der Waals surface area contributed by atoms with Gasteiger partial charge >= 0.3 is 0 Å². The van der Waals surface area contributed by atoms with Crippen LogP contribution in [0.4, 0.5) is 0 Å². The molecular formula is C14H14Cl2N2O2S. The number of nitrogens with zero attached hydrogens (tertiary/aromatic N) is 2. The standard InChI is InChI=1S/C14H14Cl2N2O2S/c15-14-13(21(16,19)20)12(10-6-4-5-7-10)17-18(14)11-8-2-1-3-9-11/h1-3,8-10H,4-7H2. The van der Waals surface area contributed by atoms with Crippen molar-refractivity contribution in [3.63, 3.8) is 0 Å². The highest BCUT2D eigenvalue weighted by Gasteiger charge is 2.32. The van der Waals surface area contributed by atoms with E-state index in [0.717, 1.165) is 25.7 Å². The Hall–Kier alpha value is -1.04. The van der Waals surface area contributed by atoms with Crippen LogP contribution in [0, 0.1) is 0 Å². The van der Waals surface area contributed by atoms with Crippen molar-refractivity contribution in [1.29, 1.82) is 0 Å². The molecule has 0 radical (unpaired) electrons. The summed E-state index contributed by atoms with van der Waals surface area (Å²) in [6.45, 7) is 0. The van der Waals surface area contributed by atoms with Gasteiger partial charge in [0.1, 0.15) is 4.90 Å². The van der Waals surface area contributed by atoms with E-state index in [1.165, 1.54) is 4.68 Å². The van der Waals surface area contributed by atoms with Crippen LogP contribution in [-0.2, 0) is 9.05 Å². The first kappa shape index (κ1) is 14.9. The van der Waals surface area contributed by atoms with Crippen LogP contribution >= 0.6 is 22.3 Å². The van der Waals surface area contributed by atoms with Crippen LogP contribution in [0.3, 0.4) is 0 Å². The van der Waals surface area contributed by atoms with E-state index < -0.39 is 9.05 Å². The summed E-state index contributed by atoms with van der Waals surface area (Å²) in [7, 11) is 1.65. The van der Waals surface area contributed by atoms with Gasteiger partial charge in [0.25, 0.3) is 9.05 Å². The van der Waals surface area contributed by atoms with Gasteiger partial charge in [0.2, 0.25) is 0 Å². The Bertz CT molecular complexity index is 751. The average molecular weight is 345 g/mol. The SMILES string of the molecule is O=S(=O)(Cl)c1c(C2CCCC2)nn(-c2ccccc2)c1Cl. The summed E-state index contributed by atoms with van der Waals surface area (Å²) < 4.78 is 25.3. The van der Waals surface area contributed by atoms with Crippen molar-refractivity contribution in [3.05, 3.63) is 41.2 Å². The topological polar surface area (TPSA) is 52.0 Å². The molecule has 2 aromatic rings. The molecule has 0 unspecified atom stereocenters. The Labute approximate surface area is 133 Å². The molecule has 0 aliphatic heterocycles. The predicted molar refractivity (Wildman–Crippen MR) is 82.8 cm³/mol. The van der Waals surface area contributed by atoms with Crippen molar-refractivity contribution < 1.29 is 8.42 Å². The van der Waals surface area contributed by atoms with E-state index in [-0.39, 0.29) is 16.0 Å². The van der Waals surface area contributed by atoms with Gasteiger partial charge in [0, 0.05) is 16.6 Å². The van der Waals surface area contributed by atoms with E-state index in [1.54, 1.807) is 0 Å². The van der Waals surface area contributed by atoms with Gasteiger partial charge in [0.15, 0.2) is 5.15 Å². The molecule has 1 heterocycles. The highest BCUT2D eigenvalue weighted by molar-refractivity contribution is 8.13. The second-order valence-corrected chi connectivity index (χ2v) is 8.03. The molecule has 3 rings (SSSR count). The molecule has 0 N–H and O–H groups in total. The Balaban J connectivity index is 2.20. The number of aromatic nitrogens is 2. The van der Waals surface area contributed by atoms with Crippen molar-refractivity contribution in [1.82, 2.24) is 9.78 Å². The zero-order valence-electron chi connectivity index (χ0n) is 11.2. The van der Waals surface area contributed by atoms with Gasteiger partial charge in [-0.05, 0) is 25.0 Å². The van der Waals surface area contributed by atoms with Gasteiger partial charge < -0.3 is 0 Å². The fourth-order valence-corrected chi connectivity index (χ4v) is 4.69. The Morgan fingerprint density at radius 3 is 2.33 bits per heavy atom. The lowest BCUT2D eigenvalue weighted by molar-refractivity contribution is 0.604. The minimum absolute atomic E-state index is 0.0402. The number of halogens is 2. The number of para-hydroxylation sites is 1. The first-order valence-electron chi connectivity index (χ1n) is 6.77. The molecule has 7 heteroatoms. The zero-order chi connectivity index (χ0) is 15.0. The van der Waals surface area contributed by atoms with Gasteiger partial charge in [-0.3, -0.25) is 0 Å². The monoisotopic (exact) mass is 344 g/mol. The van der Waals surface area contributed by atoms with Crippen LogP contribution in [0.1, 0.15) is 37.3 Å². The molecular weight excluding hydrogens is 331 g/mol. The largest absolute Gasteiger partial charge is 0.266 e. The maximum Gasteiger partial charge on any atom is 0.266 e. The highest BCUT2D eigenvalue weighted by atomic mass is 35.7. The number of hydrogen-bond acceptors (Lipinski definition) is 3. The molecule has 1 saturated carbocycles. The van der Waals surface area contributed by atoms with Crippen molar-refractivity contribution in [2.75, 3.05) is 0 Å². The molecule has 1 aliphatic rings. The Morgan fingerprint density at radius 2 is 1.76 bits per heavy atom. The van der Waals surface area contributed by atoms with Gasteiger partial charge in [-0.15, -0.1) is 0 Å². The molecule has 0 bridgehead atoms. The average Bonchev–Trinajstić information content (AvgIpc) is 3.05. The molecule has 1 fully saturated rings. The zero-order valence-corrected chi connectivity index (χ0v) is 13.5. The van der Waals surface area contributed by atoms with E-state index in [9.17, 15) is 8.42 Å². The fraction of sp³-hybridized carbons (Fsp3) is 0.357. The third kappa shape index (κ3) is 2.82. The first-order chi connectivity index (χ1) is 9.98. The molecule has 0 saturated heterocycles. The van der Waals surface area contributed by atoms with Crippen molar-refractivity contribution in [2.24, 2.45) is 0 Å².